The number of carbonyl (C=O) groups excluding carboxylic acids is 1. The molecule has 0 heterocycles. The number of hydrogen-bond acceptors (Lipinski definition) is 3. The van der Waals surface area contributed by atoms with Gasteiger partial charge < -0.3 is 5.32 Å². The maximum absolute atomic E-state index is 12.4. The summed E-state index contributed by atoms with van der Waals surface area (Å²) in [6.07, 6.45) is 2.83. The number of nitrogens with one attached hydrogen (secondary N) is 2. The average molecular weight is 308 g/mol. The number of rotatable bonds is 5. The van der Waals surface area contributed by atoms with Crippen LogP contribution in [-0.4, -0.2) is 26.9 Å². The molecule has 2 rings (SSSR count). The second kappa shape index (κ2) is 6.41. The molecule has 0 spiro atoms. The summed E-state index contributed by atoms with van der Waals surface area (Å²) in [6, 6.07) is 6.95. The summed E-state index contributed by atoms with van der Waals surface area (Å²) >= 11 is 0. The van der Waals surface area contributed by atoms with Crippen LogP contribution in [0.15, 0.2) is 29.2 Å². The van der Waals surface area contributed by atoms with Gasteiger partial charge in [-0.1, -0.05) is 24.3 Å². The van der Waals surface area contributed by atoms with Crippen LogP contribution in [0.4, 0.5) is 0 Å². The molecule has 21 heavy (non-hydrogen) atoms. The molecule has 6 heteroatoms. The third kappa shape index (κ3) is 3.71. The second-order valence-electron chi connectivity index (χ2n) is 5.05. The molecule has 1 aromatic carbocycles. The number of hydrogen-bond donors (Lipinski definition) is 2. The molecule has 1 aliphatic carbocycles. The number of likely N-dealkylation sites (N-methyl/N-ethyl adjacent to an activating group) is 1. The van der Waals surface area contributed by atoms with Gasteiger partial charge in [0.1, 0.15) is 0 Å². The highest BCUT2D eigenvalue weighted by molar-refractivity contribution is 7.93. The SMILES string of the molecule is CCNC(=O)C(C)NS(=O)(=O)C1=Cc2ccccc2CC1. The molecule has 0 bridgehead atoms. The summed E-state index contributed by atoms with van der Waals surface area (Å²) < 4.78 is 27.1. The summed E-state index contributed by atoms with van der Waals surface area (Å²) in [5, 5.41) is 2.60. The lowest BCUT2D eigenvalue weighted by Gasteiger charge is -2.19. The van der Waals surface area contributed by atoms with Gasteiger partial charge in [0.25, 0.3) is 0 Å². The number of carbonyl (C=O) groups is 1. The Bertz CT molecular complexity index is 665. The summed E-state index contributed by atoms with van der Waals surface area (Å²) in [5.41, 5.74) is 2.07. The molecule has 0 saturated heterocycles. The van der Waals surface area contributed by atoms with Crippen molar-refractivity contribution in [1.29, 1.82) is 0 Å². The zero-order valence-corrected chi connectivity index (χ0v) is 13.0. The first-order chi connectivity index (χ1) is 9.94. The molecule has 1 aromatic rings. The van der Waals surface area contributed by atoms with E-state index in [0.29, 0.717) is 24.3 Å². The molecule has 0 fully saturated rings. The molecule has 0 saturated carbocycles. The molecule has 0 aliphatic heterocycles. The maximum atomic E-state index is 12.4. The highest BCUT2D eigenvalue weighted by atomic mass is 32.2. The van der Waals surface area contributed by atoms with Crippen LogP contribution < -0.4 is 10.0 Å². The van der Waals surface area contributed by atoms with Crippen LogP contribution in [0.5, 0.6) is 0 Å². The molecular formula is C15H20N2O3S. The second-order valence-corrected chi connectivity index (χ2v) is 6.81. The lowest BCUT2D eigenvalue weighted by atomic mass is 9.98. The van der Waals surface area contributed by atoms with Crippen LogP contribution in [-0.2, 0) is 21.2 Å². The standard InChI is InChI=1S/C15H20N2O3S/c1-3-16-15(18)11(2)17-21(19,20)14-9-8-12-6-4-5-7-13(12)10-14/h4-7,10-11,17H,3,8-9H2,1-2H3,(H,16,18). The van der Waals surface area contributed by atoms with E-state index >= 15 is 0 Å². The average Bonchev–Trinajstić information content (AvgIpc) is 2.46. The monoisotopic (exact) mass is 308 g/mol. The summed E-state index contributed by atoms with van der Waals surface area (Å²) in [6.45, 7) is 3.81. The fraction of sp³-hybridized carbons (Fsp3) is 0.400. The smallest absolute Gasteiger partial charge is 0.237 e. The predicted molar refractivity (Wildman–Crippen MR) is 82.9 cm³/mol. The Hall–Kier alpha value is -1.66. The van der Waals surface area contributed by atoms with E-state index in [-0.39, 0.29) is 5.91 Å². The van der Waals surface area contributed by atoms with Crippen molar-refractivity contribution in [1.82, 2.24) is 10.0 Å². The number of amides is 1. The van der Waals surface area contributed by atoms with Gasteiger partial charge in [0.2, 0.25) is 15.9 Å². The van der Waals surface area contributed by atoms with Gasteiger partial charge in [-0.3, -0.25) is 4.79 Å². The molecule has 1 unspecified atom stereocenters. The van der Waals surface area contributed by atoms with Crippen molar-refractivity contribution < 1.29 is 13.2 Å². The Morgan fingerprint density at radius 2 is 2.00 bits per heavy atom. The highest BCUT2D eigenvalue weighted by Crippen LogP contribution is 2.26. The van der Waals surface area contributed by atoms with E-state index in [0.717, 1.165) is 11.1 Å². The quantitative estimate of drug-likeness (QED) is 0.864. The third-order valence-corrected chi connectivity index (χ3v) is 5.11. The fourth-order valence-corrected chi connectivity index (χ4v) is 3.68. The molecule has 2 N–H and O–H groups in total. The number of aryl methyl sites for hydroxylation is 1. The fourth-order valence-electron chi connectivity index (χ4n) is 2.31. The van der Waals surface area contributed by atoms with Crippen molar-refractivity contribution in [3.8, 4) is 0 Å². The largest absolute Gasteiger partial charge is 0.355 e. The summed E-state index contributed by atoms with van der Waals surface area (Å²) in [7, 11) is -3.64. The first-order valence-corrected chi connectivity index (χ1v) is 8.51. The van der Waals surface area contributed by atoms with Gasteiger partial charge in [0, 0.05) is 6.54 Å². The highest BCUT2D eigenvalue weighted by Gasteiger charge is 2.25. The number of sulfonamides is 1. The normalized spacial score (nSPS) is 15.8. The minimum Gasteiger partial charge on any atom is -0.355 e. The van der Waals surface area contributed by atoms with Gasteiger partial charge in [-0.2, -0.15) is 4.72 Å². The molecule has 5 nitrogen and oxygen atoms in total. The molecule has 1 aliphatic rings. The van der Waals surface area contributed by atoms with Crippen molar-refractivity contribution >= 4 is 22.0 Å². The van der Waals surface area contributed by atoms with Gasteiger partial charge in [-0.15, -0.1) is 0 Å². The Balaban J connectivity index is 2.18. The van der Waals surface area contributed by atoms with E-state index in [1.54, 1.807) is 19.9 Å². The Morgan fingerprint density at radius 3 is 2.71 bits per heavy atom. The minimum atomic E-state index is -3.64. The number of fused-ring (bicyclic) bond motifs is 1. The summed E-state index contributed by atoms with van der Waals surface area (Å²) in [5.74, 6) is -0.321. The Kier molecular flexibility index (Phi) is 4.80. The van der Waals surface area contributed by atoms with Gasteiger partial charge in [0.05, 0.1) is 10.9 Å². The van der Waals surface area contributed by atoms with E-state index in [1.807, 2.05) is 24.3 Å². The first kappa shape index (κ1) is 15.7. The molecule has 1 atom stereocenters. The molecule has 0 radical (unpaired) electrons. The topological polar surface area (TPSA) is 75.3 Å². The van der Waals surface area contributed by atoms with E-state index < -0.39 is 16.1 Å². The van der Waals surface area contributed by atoms with Gasteiger partial charge >= 0.3 is 0 Å². The van der Waals surface area contributed by atoms with Gasteiger partial charge in [0.15, 0.2) is 0 Å². The van der Waals surface area contributed by atoms with Crippen LogP contribution in [0.3, 0.4) is 0 Å². The van der Waals surface area contributed by atoms with Crippen molar-refractivity contribution in [2.45, 2.75) is 32.7 Å². The predicted octanol–water partition coefficient (Wildman–Crippen LogP) is 1.42. The van der Waals surface area contributed by atoms with Crippen molar-refractivity contribution in [2.75, 3.05) is 6.54 Å². The molecule has 0 aromatic heterocycles. The maximum Gasteiger partial charge on any atom is 0.237 e. The summed E-state index contributed by atoms with van der Waals surface area (Å²) in [4.78, 5) is 12.0. The van der Waals surface area contributed by atoms with Crippen LogP contribution >= 0.6 is 0 Å². The van der Waals surface area contributed by atoms with Crippen LogP contribution in [0.2, 0.25) is 0 Å². The Labute approximate surface area is 125 Å². The molecule has 114 valence electrons. The van der Waals surface area contributed by atoms with Crippen molar-refractivity contribution in [2.24, 2.45) is 0 Å². The number of benzene rings is 1. The third-order valence-electron chi connectivity index (χ3n) is 3.43. The van der Waals surface area contributed by atoms with E-state index in [4.69, 9.17) is 0 Å². The van der Waals surface area contributed by atoms with Crippen molar-refractivity contribution in [3.63, 3.8) is 0 Å². The lowest BCUT2D eigenvalue weighted by Crippen LogP contribution is -2.45. The van der Waals surface area contributed by atoms with E-state index in [2.05, 4.69) is 10.0 Å². The lowest BCUT2D eigenvalue weighted by molar-refractivity contribution is -0.122. The zero-order chi connectivity index (χ0) is 15.5. The molecular weight excluding hydrogens is 288 g/mol. The van der Waals surface area contributed by atoms with Gasteiger partial charge in [-0.25, -0.2) is 8.42 Å². The van der Waals surface area contributed by atoms with E-state index in [9.17, 15) is 13.2 Å². The van der Waals surface area contributed by atoms with Crippen LogP contribution in [0.1, 0.15) is 31.4 Å². The first-order valence-electron chi connectivity index (χ1n) is 7.02. The van der Waals surface area contributed by atoms with Crippen LogP contribution in [0, 0.1) is 0 Å². The zero-order valence-electron chi connectivity index (χ0n) is 12.2. The number of allylic oxidation sites excluding steroid dienone is 1. The van der Waals surface area contributed by atoms with Crippen molar-refractivity contribution in [3.05, 3.63) is 40.3 Å². The van der Waals surface area contributed by atoms with E-state index in [1.165, 1.54) is 0 Å². The Morgan fingerprint density at radius 1 is 1.29 bits per heavy atom. The van der Waals surface area contributed by atoms with Gasteiger partial charge in [-0.05, 0) is 43.9 Å². The minimum absolute atomic E-state index is 0.321. The molecule has 1 amide bonds. The van der Waals surface area contributed by atoms with Crippen LogP contribution in [0.25, 0.3) is 6.08 Å².